The number of aryl methyl sites for hydroxylation is 1. The molecule has 4 nitrogen and oxygen atoms in total. The molecule has 2 heterocycles. The van der Waals surface area contributed by atoms with Gasteiger partial charge in [0, 0.05) is 12.1 Å². The highest BCUT2D eigenvalue weighted by molar-refractivity contribution is 5.92. The second kappa shape index (κ2) is 7.82. The van der Waals surface area contributed by atoms with Gasteiger partial charge in [-0.25, -0.2) is 4.98 Å². The highest BCUT2D eigenvalue weighted by Crippen LogP contribution is 2.28. The third-order valence-electron chi connectivity index (χ3n) is 4.65. The number of pyridine rings is 1. The Morgan fingerprint density at radius 1 is 1.07 bits per heavy atom. The summed E-state index contributed by atoms with van der Waals surface area (Å²) in [4.78, 5) is 18.8. The number of benzene rings is 1. The van der Waals surface area contributed by atoms with E-state index in [4.69, 9.17) is 0 Å². The van der Waals surface area contributed by atoms with Crippen molar-refractivity contribution in [3.8, 4) is 0 Å². The Kier molecular flexibility index (Phi) is 5.48. The van der Waals surface area contributed by atoms with Gasteiger partial charge in [0.15, 0.2) is 0 Å². The fraction of sp³-hybridized carbons (Fsp3) is 0.300. The first kappa shape index (κ1) is 18.9. The van der Waals surface area contributed by atoms with Crippen LogP contribution in [0.4, 0.5) is 19.0 Å². The lowest BCUT2D eigenvalue weighted by molar-refractivity contribution is -0.367. The minimum Gasteiger partial charge on any atom is -0.331 e. The Hall–Kier alpha value is -2.83. The van der Waals surface area contributed by atoms with E-state index in [1.807, 2.05) is 42.2 Å². The van der Waals surface area contributed by atoms with Crippen molar-refractivity contribution in [2.24, 2.45) is 0 Å². The van der Waals surface area contributed by atoms with Crippen LogP contribution >= 0.6 is 0 Å². The van der Waals surface area contributed by atoms with Crippen molar-refractivity contribution in [2.45, 2.75) is 13.1 Å². The van der Waals surface area contributed by atoms with E-state index in [9.17, 15) is 18.0 Å². The average molecular weight is 376 g/mol. The standard InChI is InChI=1S/C20H20F3N3O/c1-15-4-2-3-5-16(15)6-9-19(27)26-12-10-25(11-13-26)18-8-7-17(14-24-18)20(21,22)23/h2-9,14H,10-13H2,1H3/p+1/b9-6+. The number of halogens is 3. The smallest absolute Gasteiger partial charge is 0.331 e. The zero-order valence-corrected chi connectivity index (χ0v) is 15.0. The fourth-order valence-corrected chi connectivity index (χ4v) is 3.00. The van der Waals surface area contributed by atoms with Gasteiger partial charge < -0.3 is 4.90 Å². The van der Waals surface area contributed by atoms with Crippen LogP contribution < -0.4 is 9.88 Å². The Labute approximate surface area is 155 Å². The number of hydrogen-bond donors (Lipinski definition) is 0. The number of amides is 1. The SMILES string of the molecule is Cc1ccccc1/C=C/C(=O)N1CCN(c2ccc(C(F)(F)F)c[nH+]2)CC1. The molecule has 0 aliphatic carbocycles. The number of carbonyl (C=O) groups excluding carboxylic acids is 1. The van der Waals surface area contributed by atoms with Crippen molar-refractivity contribution in [3.05, 3.63) is 65.4 Å². The van der Waals surface area contributed by atoms with Gasteiger partial charge in [-0.1, -0.05) is 24.3 Å². The molecule has 0 spiro atoms. The van der Waals surface area contributed by atoms with Crippen LogP contribution in [0.15, 0.2) is 48.7 Å². The minimum atomic E-state index is -4.36. The van der Waals surface area contributed by atoms with E-state index in [0.717, 1.165) is 23.4 Å². The Bertz CT molecular complexity index is 823. The molecule has 1 fully saturated rings. The van der Waals surface area contributed by atoms with Crippen LogP contribution in [-0.2, 0) is 11.0 Å². The molecule has 1 aliphatic rings. The maximum atomic E-state index is 12.6. The second-order valence-corrected chi connectivity index (χ2v) is 6.46. The lowest BCUT2D eigenvalue weighted by Gasteiger charge is -2.30. The summed E-state index contributed by atoms with van der Waals surface area (Å²) in [6, 6.07) is 10.3. The molecule has 7 heteroatoms. The Morgan fingerprint density at radius 3 is 2.37 bits per heavy atom. The van der Waals surface area contributed by atoms with E-state index in [-0.39, 0.29) is 5.91 Å². The maximum absolute atomic E-state index is 12.6. The first-order valence-corrected chi connectivity index (χ1v) is 8.71. The third kappa shape index (κ3) is 4.67. The van der Waals surface area contributed by atoms with Gasteiger partial charge in [0.2, 0.25) is 5.91 Å². The number of H-pyrrole nitrogens is 1. The van der Waals surface area contributed by atoms with Crippen molar-refractivity contribution in [1.29, 1.82) is 0 Å². The molecular weight excluding hydrogens is 355 g/mol. The lowest BCUT2D eigenvalue weighted by atomic mass is 10.1. The summed E-state index contributed by atoms with van der Waals surface area (Å²) < 4.78 is 37.9. The van der Waals surface area contributed by atoms with Crippen molar-refractivity contribution in [2.75, 3.05) is 31.1 Å². The largest absolute Gasteiger partial charge is 0.419 e. The predicted octanol–water partition coefficient (Wildman–Crippen LogP) is 3.19. The first-order chi connectivity index (χ1) is 12.8. The normalized spacial score (nSPS) is 15.4. The molecule has 142 valence electrons. The van der Waals surface area contributed by atoms with Gasteiger partial charge in [0.1, 0.15) is 19.3 Å². The van der Waals surface area contributed by atoms with E-state index < -0.39 is 11.7 Å². The quantitative estimate of drug-likeness (QED) is 0.772. The summed E-state index contributed by atoms with van der Waals surface area (Å²) in [7, 11) is 0. The minimum absolute atomic E-state index is 0.0608. The van der Waals surface area contributed by atoms with E-state index in [0.29, 0.717) is 32.0 Å². The number of rotatable bonds is 3. The van der Waals surface area contributed by atoms with Crippen molar-refractivity contribution in [1.82, 2.24) is 4.90 Å². The molecule has 1 amide bonds. The Morgan fingerprint density at radius 2 is 1.78 bits per heavy atom. The van der Waals surface area contributed by atoms with Crippen LogP contribution in [-0.4, -0.2) is 37.0 Å². The monoisotopic (exact) mass is 376 g/mol. The topological polar surface area (TPSA) is 37.7 Å². The van der Waals surface area contributed by atoms with Crippen LogP contribution in [0.5, 0.6) is 0 Å². The van der Waals surface area contributed by atoms with Gasteiger partial charge in [-0.05, 0) is 30.2 Å². The molecule has 1 aromatic heterocycles. The van der Waals surface area contributed by atoms with Crippen molar-refractivity contribution in [3.63, 3.8) is 0 Å². The summed E-state index contributed by atoms with van der Waals surface area (Å²) in [6.45, 7) is 4.15. The average Bonchev–Trinajstić information content (AvgIpc) is 2.67. The molecule has 1 N–H and O–H groups in total. The number of alkyl halides is 3. The zero-order chi connectivity index (χ0) is 19.4. The Balaban J connectivity index is 1.57. The molecule has 0 unspecified atom stereocenters. The van der Waals surface area contributed by atoms with Crippen molar-refractivity contribution >= 4 is 17.8 Å². The van der Waals surface area contributed by atoms with Crippen LogP contribution in [0.3, 0.4) is 0 Å². The van der Waals surface area contributed by atoms with Gasteiger partial charge in [-0.3, -0.25) is 9.69 Å². The molecular formula is C20H21F3N3O+. The van der Waals surface area contributed by atoms with Crippen LogP contribution in [0.25, 0.3) is 6.08 Å². The number of nitrogens with one attached hydrogen (secondary N) is 1. The summed E-state index contributed by atoms with van der Waals surface area (Å²) in [5.41, 5.74) is 1.40. The molecule has 0 atom stereocenters. The summed E-state index contributed by atoms with van der Waals surface area (Å²) >= 11 is 0. The number of nitrogens with zero attached hydrogens (tertiary/aromatic N) is 2. The first-order valence-electron chi connectivity index (χ1n) is 8.71. The molecule has 1 saturated heterocycles. The third-order valence-corrected chi connectivity index (χ3v) is 4.65. The molecule has 3 rings (SSSR count). The van der Waals surface area contributed by atoms with Crippen molar-refractivity contribution < 1.29 is 22.9 Å². The molecule has 0 saturated carbocycles. The molecule has 2 aromatic rings. The van der Waals surface area contributed by atoms with Gasteiger partial charge >= 0.3 is 6.18 Å². The molecule has 0 radical (unpaired) electrons. The second-order valence-electron chi connectivity index (χ2n) is 6.46. The predicted molar refractivity (Wildman–Crippen MR) is 97.0 cm³/mol. The number of aromatic nitrogens is 1. The van der Waals surface area contributed by atoms with Crippen LogP contribution in [0, 0.1) is 6.92 Å². The number of carbonyl (C=O) groups is 1. The van der Waals surface area contributed by atoms with E-state index in [1.165, 1.54) is 6.07 Å². The molecule has 27 heavy (non-hydrogen) atoms. The summed E-state index contributed by atoms with van der Waals surface area (Å²) in [6.07, 6.45) is -0.00267. The lowest BCUT2D eigenvalue weighted by Crippen LogP contribution is -2.49. The van der Waals surface area contributed by atoms with Gasteiger partial charge in [-0.2, -0.15) is 13.2 Å². The summed E-state index contributed by atoms with van der Waals surface area (Å²) in [5, 5.41) is 0. The maximum Gasteiger partial charge on any atom is 0.419 e. The van der Waals surface area contributed by atoms with Gasteiger partial charge in [0.25, 0.3) is 5.82 Å². The number of piperazine rings is 1. The van der Waals surface area contributed by atoms with Crippen LogP contribution in [0.1, 0.15) is 16.7 Å². The highest BCUT2D eigenvalue weighted by Gasteiger charge is 2.32. The number of anilines is 1. The van der Waals surface area contributed by atoms with E-state index >= 15 is 0 Å². The van der Waals surface area contributed by atoms with E-state index in [2.05, 4.69) is 4.98 Å². The molecule has 0 bridgehead atoms. The van der Waals surface area contributed by atoms with Crippen LogP contribution in [0.2, 0.25) is 0 Å². The van der Waals surface area contributed by atoms with Gasteiger partial charge in [0.05, 0.1) is 18.7 Å². The number of aromatic amines is 1. The highest BCUT2D eigenvalue weighted by atomic mass is 19.4. The zero-order valence-electron chi connectivity index (χ0n) is 15.0. The fourth-order valence-electron chi connectivity index (χ4n) is 3.00. The number of hydrogen-bond acceptors (Lipinski definition) is 2. The molecule has 1 aromatic carbocycles. The van der Waals surface area contributed by atoms with E-state index in [1.54, 1.807) is 11.0 Å². The molecule has 1 aliphatic heterocycles. The van der Waals surface area contributed by atoms with Gasteiger partial charge in [-0.15, -0.1) is 0 Å². The summed E-state index contributed by atoms with van der Waals surface area (Å²) in [5.74, 6) is 0.555.